The number of carbonyl (C=O) groups excluding carboxylic acids is 2. The lowest BCUT2D eigenvalue weighted by Gasteiger charge is -2.20. The van der Waals surface area contributed by atoms with Gasteiger partial charge in [0, 0.05) is 6.54 Å². The van der Waals surface area contributed by atoms with E-state index in [1.54, 1.807) is 6.92 Å². The summed E-state index contributed by atoms with van der Waals surface area (Å²) in [5, 5.41) is 0.352. The van der Waals surface area contributed by atoms with Gasteiger partial charge in [0.25, 0.3) is 5.91 Å². The summed E-state index contributed by atoms with van der Waals surface area (Å²) < 4.78 is 4.58. The van der Waals surface area contributed by atoms with Crippen LogP contribution in [0.15, 0.2) is 0 Å². The molecule has 7 heteroatoms. The number of nitrogen functional groups attached to an aromatic ring is 1. The van der Waals surface area contributed by atoms with Gasteiger partial charge in [0.1, 0.15) is 11.4 Å². The average molecular weight is 271 g/mol. The van der Waals surface area contributed by atoms with E-state index in [1.165, 1.54) is 12.0 Å². The van der Waals surface area contributed by atoms with Crippen molar-refractivity contribution >= 4 is 28.3 Å². The summed E-state index contributed by atoms with van der Waals surface area (Å²) in [6, 6.07) is 0. The van der Waals surface area contributed by atoms with Gasteiger partial charge < -0.3 is 15.4 Å². The first kappa shape index (κ1) is 14.4. The van der Waals surface area contributed by atoms with Gasteiger partial charge in [0.15, 0.2) is 5.13 Å². The Labute approximate surface area is 110 Å². The third kappa shape index (κ3) is 3.43. The third-order valence-electron chi connectivity index (χ3n) is 2.34. The summed E-state index contributed by atoms with van der Waals surface area (Å²) in [4.78, 5) is 29.5. The maximum absolute atomic E-state index is 12.3. The van der Waals surface area contributed by atoms with Crippen molar-refractivity contribution in [2.45, 2.75) is 20.3 Å². The molecule has 0 radical (unpaired) electrons. The molecule has 100 valence electrons. The summed E-state index contributed by atoms with van der Waals surface area (Å²) in [6.45, 7) is 4.10. The van der Waals surface area contributed by atoms with Gasteiger partial charge in [-0.3, -0.25) is 9.59 Å². The SMILES string of the molecule is CCCN(CC(=O)OC)C(=O)c1sc(N)nc1C. The van der Waals surface area contributed by atoms with Crippen LogP contribution < -0.4 is 5.73 Å². The van der Waals surface area contributed by atoms with Crippen molar-refractivity contribution in [3.63, 3.8) is 0 Å². The molecule has 18 heavy (non-hydrogen) atoms. The Balaban J connectivity index is 2.88. The molecule has 2 N–H and O–H groups in total. The minimum absolute atomic E-state index is 0.0551. The van der Waals surface area contributed by atoms with Crippen molar-refractivity contribution in [1.29, 1.82) is 0 Å². The Morgan fingerprint density at radius 3 is 2.61 bits per heavy atom. The van der Waals surface area contributed by atoms with Crippen LogP contribution in [0.2, 0.25) is 0 Å². The minimum Gasteiger partial charge on any atom is -0.468 e. The standard InChI is InChI=1S/C11H17N3O3S/c1-4-5-14(6-8(15)17-3)10(16)9-7(2)13-11(12)18-9/h4-6H2,1-3H3,(H2,12,13). The second-order valence-corrected chi connectivity index (χ2v) is 4.80. The van der Waals surface area contributed by atoms with E-state index in [2.05, 4.69) is 9.72 Å². The first-order chi connectivity index (χ1) is 8.49. The molecule has 0 aliphatic heterocycles. The first-order valence-electron chi connectivity index (χ1n) is 5.58. The Bertz CT molecular complexity index is 445. The van der Waals surface area contributed by atoms with Crippen LogP contribution in [0.4, 0.5) is 5.13 Å². The fourth-order valence-electron chi connectivity index (χ4n) is 1.50. The van der Waals surface area contributed by atoms with Crippen molar-refractivity contribution in [3.8, 4) is 0 Å². The number of ether oxygens (including phenoxy) is 1. The summed E-state index contributed by atoms with van der Waals surface area (Å²) in [5.74, 6) is -0.666. The molecule has 1 aromatic rings. The number of hydrogen-bond donors (Lipinski definition) is 1. The van der Waals surface area contributed by atoms with E-state index in [0.717, 1.165) is 17.8 Å². The number of methoxy groups -OCH3 is 1. The van der Waals surface area contributed by atoms with Crippen molar-refractivity contribution in [3.05, 3.63) is 10.6 Å². The van der Waals surface area contributed by atoms with E-state index >= 15 is 0 Å². The molecule has 0 aromatic carbocycles. The summed E-state index contributed by atoms with van der Waals surface area (Å²) in [6.07, 6.45) is 0.760. The molecular weight excluding hydrogens is 254 g/mol. The Morgan fingerprint density at radius 2 is 2.17 bits per heavy atom. The highest BCUT2D eigenvalue weighted by Crippen LogP contribution is 2.21. The van der Waals surface area contributed by atoms with E-state index < -0.39 is 5.97 Å². The molecule has 0 aliphatic carbocycles. The Hall–Kier alpha value is -1.63. The zero-order valence-corrected chi connectivity index (χ0v) is 11.5. The predicted molar refractivity (Wildman–Crippen MR) is 69.5 cm³/mol. The van der Waals surface area contributed by atoms with Gasteiger partial charge in [-0.15, -0.1) is 0 Å². The van der Waals surface area contributed by atoms with Gasteiger partial charge in [-0.25, -0.2) is 4.98 Å². The maximum Gasteiger partial charge on any atom is 0.325 e. The number of rotatable bonds is 5. The average Bonchev–Trinajstić information content (AvgIpc) is 2.66. The van der Waals surface area contributed by atoms with Gasteiger partial charge in [-0.1, -0.05) is 18.3 Å². The van der Waals surface area contributed by atoms with Crippen LogP contribution in [0.3, 0.4) is 0 Å². The maximum atomic E-state index is 12.3. The van der Waals surface area contributed by atoms with Crippen molar-refractivity contribution in [1.82, 2.24) is 9.88 Å². The number of amides is 1. The van der Waals surface area contributed by atoms with E-state index in [1.807, 2.05) is 6.92 Å². The fourth-order valence-corrected chi connectivity index (χ4v) is 2.30. The van der Waals surface area contributed by atoms with Crippen LogP contribution in [-0.4, -0.2) is 42.0 Å². The molecule has 0 spiro atoms. The van der Waals surface area contributed by atoms with Crippen LogP contribution in [0.1, 0.15) is 28.7 Å². The summed E-state index contributed by atoms with van der Waals surface area (Å²) in [7, 11) is 1.30. The molecule has 1 rings (SSSR count). The van der Waals surface area contributed by atoms with Gasteiger partial charge in [-0.2, -0.15) is 0 Å². The molecule has 0 aliphatic rings. The summed E-state index contributed by atoms with van der Waals surface area (Å²) >= 11 is 1.13. The molecular formula is C11H17N3O3S. The number of aromatic nitrogens is 1. The Kier molecular flexibility index (Phi) is 5.08. The number of anilines is 1. The number of hydrogen-bond acceptors (Lipinski definition) is 6. The minimum atomic E-state index is -0.438. The van der Waals surface area contributed by atoms with Crippen LogP contribution in [0, 0.1) is 6.92 Å². The second-order valence-electron chi connectivity index (χ2n) is 3.77. The molecule has 0 bridgehead atoms. The number of aryl methyl sites for hydroxylation is 1. The van der Waals surface area contributed by atoms with E-state index in [0.29, 0.717) is 22.2 Å². The lowest BCUT2D eigenvalue weighted by atomic mass is 10.3. The van der Waals surface area contributed by atoms with Gasteiger partial charge in [0.2, 0.25) is 0 Å². The van der Waals surface area contributed by atoms with Crippen LogP contribution in [0.25, 0.3) is 0 Å². The summed E-state index contributed by atoms with van der Waals surface area (Å²) in [5.41, 5.74) is 6.15. The zero-order valence-electron chi connectivity index (χ0n) is 10.7. The van der Waals surface area contributed by atoms with Gasteiger partial charge in [-0.05, 0) is 13.3 Å². The highest BCUT2D eigenvalue weighted by atomic mass is 32.1. The number of carbonyl (C=O) groups is 2. The smallest absolute Gasteiger partial charge is 0.325 e. The molecule has 0 unspecified atom stereocenters. The number of nitrogens with two attached hydrogens (primary N) is 1. The van der Waals surface area contributed by atoms with E-state index in [4.69, 9.17) is 5.73 Å². The second kappa shape index (κ2) is 6.34. The number of esters is 1. The lowest BCUT2D eigenvalue weighted by Crippen LogP contribution is -2.36. The molecule has 6 nitrogen and oxygen atoms in total. The molecule has 0 atom stereocenters. The molecule has 1 heterocycles. The zero-order chi connectivity index (χ0) is 13.7. The predicted octanol–water partition coefficient (Wildman–Crippen LogP) is 1.06. The first-order valence-corrected chi connectivity index (χ1v) is 6.40. The monoisotopic (exact) mass is 271 g/mol. The van der Waals surface area contributed by atoms with E-state index in [9.17, 15) is 9.59 Å². The highest BCUT2D eigenvalue weighted by molar-refractivity contribution is 7.17. The van der Waals surface area contributed by atoms with Crippen molar-refractivity contribution in [2.75, 3.05) is 25.9 Å². The molecule has 0 saturated heterocycles. The number of thiazole rings is 1. The Morgan fingerprint density at radius 1 is 1.50 bits per heavy atom. The molecule has 0 fully saturated rings. The van der Waals surface area contributed by atoms with E-state index in [-0.39, 0.29) is 12.5 Å². The van der Waals surface area contributed by atoms with Crippen LogP contribution >= 0.6 is 11.3 Å². The van der Waals surface area contributed by atoms with Crippen LogP contribution in [0.5, 0.6) is 0 Å². The van der Waals surface area contributed by atoms with Crippen molar-refractivity contribution < 1.29 is 14.3 Å². The molecule has 1 amide bonds. The molecule has 0 saturated carbocycles. The largest absolute Gasteiger partial charge is 0.468 e. The topological polar surface area (TPSA) is 85.5 Å². The van der Waals surface area contributed by atoms with Crippen LogP contribution in [-0.2, 0) is 9.53 Å². The van der Waals surface area contributed by atoms with Gasteiger partial charge in [0.05, 0.1) is 12.8 Å². The van der Waals surface area contributed by atoms with Crippen molar-refractivity contribution in [2.24, 2.45) is 0 Å². The van der Waals surface area contributed by atoms with Gasteiger partial charge >= 0.3 is 5.97 Å². The highest BCUT2D eigenvalue weighted by Gasteiger charge is 2.22. The normalized spacial score (nSPS) is 10.2. The third-order valence-corrected chi connectivity index (χ3v) is 3.31. The number of nitrogens with zero attached hydrogens (tertiary/aromatic N) is 2. The fraction of sp³-hybridized carbons (Fsp3) is 0.545. The quantitative estimate of drug-likeness (QED) is 0.809. The molecule has 1 aromatic heterocycles. The lowest BCUT2D eigenvalue weighted by molar-refractivity contribution is -0.141.